The van der Waals surface area contributed by atoms with Gasteiger partial charge in [0.05, 0.1) is 21.9 Å². The molecule has 2 aromatic carbocycles. The Bertz CT molecular complexity index is 1520. The van der Waals surface area contributed by atoms with Crippen LogP contribution in [0.15, 0.2) is 36.5 Å². The van der Waals surface area contributed by atoms with E-state index in [2.05, 4.69) is 51.7 Å². The number of hydrogen-bond donors (Lipinski definition) is 4. The van der Waals surface area contributed by atoms with E-state index in [-0.39, 0.29) is 11.8 Å². The van der Waals surface area contributed by atoms with E-state index in [1.807, 2.05) is 12.3 Å². The number of alkyl halides is 6. The molecule has 0 bridgehead atoms. The zero-order valence-corrected chi connectivity index (χ0v) is 21.2. The van der Waals surface area contributed by atoms with Gasteiger partial charge in [0.15, 0.2) is 5.13 Å². The van der Waals surface area contributed by atoms with Gasteiger partial charge < -0.3 is 15.5 Å². The predicted octanol–water partition coefficient (Wildman–Crippen LogP) is 6.15. The number of aromatic nitrogens is 3. The molecule has 1 fully saturated rings. The molecule has 5 rings (SSSR count). The van der Waals surface area contributed by atoms with E-state index in [1.54, 1.807) is 0 Å². The maximum absolute atomic E-state index is 12.2. The predicted molar refractivity (Wildman–Crippen MR) is 133 cm³/mol. The maximum Gasteiger partial charge on any atom is 0.490 e. The fourth-order valence-electron chi connectivity index (χ4n) is 3.52. The number of carboxylic acid groups (broad SMARTS) is 2. The van der Waals surface area contributed by atoms with Crippen LogP contribution in [-0.4, -0.2) is 55.6 Å². The fourth-order valence-corrected chi connectivity index (χ4v) is 4.43. The van der Waals surface area contributed by atoms with Crippen molar-refractivity contribution >= 4 is 55.4 Å². The topological polar surface area (TPSA) is 145 Å². The molecule has 0 atom stereocenters. The Kier molecular flexibility index (Phi) is 9.02. The lowest BCUT2D eigenvalue weighted by Gasteiger charge is -2.23. The molecule has 1 saturated carbocycles. The molecule has 1 aliphatic rings. The molecular formula is C24H20F6N4O5S. The van der Waals surface area contributed by atoms with Crippen LogP contribution in [0.3, 0.4) is 0 Å². The average molecular weight is 591 g/mol. The summed E-state index contributed by atoms with van der Waals surface area (Å²) >= 11 is 1.53. The number of aryl methyl sites for hydroxylation is 1. The summed E-state index contributed by atoms with van der Waals surface area (Å²) in [4.78, 5) is 34.5. The summed E-state index contributed by atoms with van der Waals surface area (Å²) in [6.07, 6.45) is -5.15. The molecule has 0 aliphatic heterocycles. The molecule has 1 amide bonds. The summed E-state index contributed by atoms with van der Waals surface area (Å²) in [5, 5.41) is 26.2. The van der Waals surface area contributed by atoms with Gasteiger partial charge in [-0.05, 0) is 54.7 Å². The molecule has 0 saturated heterocycles. The van der Waals surface area contributed by atoms with Gasteiger partial charge >= 0.3 is 24.3 Å². The lowest BCUT2D eigenvalue weighted by atomic mass is 9.85. The molecule has 0 spiro atoms. The van der Waals surface area contributed by atoms with Crippen molar-refractivity contribution in [1.82, 2.24) is 15.2 Å². The molecule has 9 nitrogen and oxygen atoms in total. The highest BCUT2D eigenvalue weighted by Crippen LogP contribution is 2.36. The van der Waals surface area contributed by atoms with Crippen LogP contribution in [0, 0.1) is 12.8 Å². The van der Waals surface area contributed by atoms with Crippen molar-refractivity contribution in [2.45, 2.75) is 38.5 Å². The minimum absolute atomic E-state index is 0.106. The number of hydrogen-bond acceptors (Lipinski definition) is 6. The van der Waals surface area contributed by atoms with Crippen molar-refractivity contribution in [3.8, 4) is 11.1 Å². The van der Waals surface area contributed by atoms with Crippen molar-refractivity contribution in [2.24, 2.45) is 5.92 Å². The van der Waals surface area contributed by atoms with Gasteiger partial charge in [0.25, 0.3) is 0 Å². The van der Waals surface area contributed by atoms with Crippen LogP contribution in [-0.2, 0) is 14.4 Å². The molecule has 4 aromatic rings. The summed E-state index contributed by atoms with van der Waals surface area (Å²) in [5.41, 5.74) is 5.48. The van der Waals surface area contributed by atoms with Crippen molar-refractivity contribution in [1.29, 1.82) is 0 Å². The zero-order chi connectivity index (χ0) is 29.8. The number of halogens is 6. The number of anilines is 1. The molecule has 2 aromatic heterocycles. The Morgan fingerprint density at radius 1 is 1.00 bits per heavy atom. The number of aromatic amines is 1. The third-order valence-electron chi connectivity index (χ3n) is 5.70. The summed E-state index contributed by atoms with van der Waals surface area (Å²) in [7, 11) is 0. The minimum atomic E-state index is -5.08. The van der Waals surface area contributed by atoms with Crippen LogP contribution < -0.4 is 5.32 Å². The molecule has 40 heavy (non-hydrogen) atoms. The summed E-state index contributed by atoms with van der Waals surface area (Å²) in [5.74, 6) is -5.24. The number of nitrogens with zero attached hydrogens (tertiary/aromatic N) is 2. The van der Waals surface area contributed by atoms with Crippen LogP contribution >= 0.6 is 11.3 Å². The highest BCUT2D eigenvalue weighted by Gasteiger charge is 2.38. The molecule has 4 N–H and O–H groups in total. The third kappa shape index (κ3) is 7.46. The van der Waals surface area contributed by atoms with Gasteiger partial charge in [-0.15, -0.1) is 0 Å². The van der Waals surface area contributed by atoms with Crippen molar-refractivity contribution < 1.29 is 50.9 Å². The standard InChI is InChI=1S/C20H18N4OS.2C2HF3O2/c1-11-5-7-15-14(10-21-24-15)18(11)13-6-8-16-17(9-13)26-20(22-16)23-19(25)12-3-2-4-12;2*3-2(4,5)1(6)7/h5-10,12H,2-4H2,1H3,(H,21,24)(H,22,23,25);2*(H,6,7). The van der Waals surface area contributed by atoms with E-state index in [0.717, 1.165) is 45.9 Å². The normalized spacial score (nSPS) is 13.5. The Balaban J connectivity index is 0.000000263. The van der Waals surface area contributed by atoms with Crippen LogP contribution in [0.25, 0.3) is 32.2 Å². The average Bonchev–Trinajstić information content (AvgIpc) is 3.43. The third-order valence-corrected chi connectivity index (χ3v) is 6.63. The second-order valence-electron chi connectivity index (χ2n) is 8.51. The lowest BCUT2D eigenvalue weighted by Crippen LogP contribution is -2.27. The maximum atomic E-state index is 12.2. The lowest BCUT2D eigenvalue weighted by molar-refractivity contribution is -0.193. The van der Waals surface area contributed by atoms with Gasteiger partial charge in [0, 0.05) is 11.3 Å². The van der Waals surface area contributed by atoms with E-state index in [1.165, 1.54) is 22.5 Å². The number of carbonyl (C=O) groups is 3. The minimum Gasteiger partial charge on any atom is -0.475 e. The fraction of sp³-hybridized carbons (Fsp3) is 0.292. The number of amides is 1. The van der Waals surface area contributed by atoms with E-state index in [9.17, 15) is 31.1 Å². The second kappa shape index (κ2) is 11.9. The summed E-state index contributed by atoms with van der Waals surface area (Å²) in [6.45, 7) is 2.11. The molecule has 0 unspecified atom stereocenters. The van der Waals surface area contributed by atoms with Gasteiger partial charge in [0.1, 0.15) is 0 Å². The van der Waals surface area contributed by atoms with Crippen molar-refractivity contribution in [2.75, 3.05) is 5.32 Å². The van der Waals surface area contributed by atoms with Gasteiger partial charge in [-0.25, -0.2) is 14.6 Å². The number of carboxylic acids is 2. The quantitative estimate of drug-likeness (QED) is 0.209. The van der Waals surface area contributed by atoms with Crippen LogP contribution in [0.5, 0.6) is 0 Å². The van der Waals surface area contributed by atoms with Crippen LogP contribution in [0.4, 0.5) is 31.5 Å². The first-order valence-electron chi connectivity index (χ1n) is 11.3. The highest BCUT2D eigenvalue weighted by atomic mass is 32.1. The number of benzene rings is 2. The highest BCUT2D eigenvalue weighted by molar-refractivity contribution is 7.22. The Labute approximate surface area is 224 Å². The molecule has 16 heteroatoms. The van der Waals surface area contributed by atoms with Crippen LogP contribution in [0.1, 0.15) is 24.8 Å². The first-order chi connectivity index (χ1) is 18.6. The summed E-state index contributed by atoms with van der Waals surface area (Å²) in [6, 6.07) is 10.4. The number of nitrogens with one attached hydrogen (secondary N) is 2. The first-order valence-corrected chi connectivity index (χ1v) is 12.1. The van der Waals surface area contributed by atoms with Crippen LogP contribution in [0.2, 0.25) is 0 Å². The van der Waals surface area contributed by atoms with Gasteiger partial charge in [0.2, 0.25) is 5.91 Å². The number of fused-ring (bicyclic) bond motifs is 2. The Hall–Kier alpha value is -4.21. The first kappa shape index (κ1) is 30.3. The second-order valence-corrected chi connectivity index (χ2v) is 9.54. The number of carbonyl (C=O) groups excluding carboxylic acids is 1. The van der Waals surface area contributed by atoms with E-state index < -0.39 is 24.3 Å². The van der Waals surface area contributed by atoms with E-state index in [4.69, 9.17) is 19.8 Å². The van der Waals surface area contributed by atoms with Crippen molar-refractivity contribution in [3.63, 3.8) is 0 Å². The SMILES string of the molecule is Cc1ccc2[nH]ncc2c1-c1ccc2nc(NC(=O)C3CCC3)sc2c1.O=C(O)C(F)(F)F.O=C(O)C(F)(F)F. The Morgan fingerprint density at radius 2 is 1.60 bits per heavy atom. The summed E-state index contributed by atoms with van der Waals surface area (Å²) < 4.78 is 64.5. The monoisotopic (exact) mass is 590 g/mol. The molecular weight excluding hydrogens is 570 g/mol. The zero-order valence-electron chi connectivity index (χ0n) is 20.4. The molecule has 214 valence electrons. The largest absolute Gasteiger partial charge is 0.490 e. The number of aliphatic carboxylic acids is 2. The number of H-pyrrole nitrogens is 1. The smallest absolute Gasteiger partial charge is 0.475 e. The van der Waals surface area contributed by atoms with Gasteiger partial charge in [-0.2, -0.15) is 31.4 Å². The molecule has 0 radical (unpaired) electrons. The Morgan fingerprint density at radius 3 is 2.12 bits per heavy atom. The number of thiazole rings is 1. The molecule has 1 aliphatic carbocycles. The van der Waals surface area contributed by atoms with Gasteiger partial charge in [-0.3, -0.25) is 9.89 Å². The van der Waals surface area contributed by atoms with E-state index in [0.29, 0.717) is 5.13 Å². The van der Waals surface area contributed by atoms with E-state index >= 15 is 0 Å². The molecule has 2 heterocycles. The van der Waals surface area contributed by atoms with Crippen molar-refractivity contribution in [3.05, 3.63) is 42.1 Å². The number of rotatable bonds is 3. The van der Waals surface area contributed by atoms with Gasteiger partial charge in [-0.1, -0.05) is 29.9 Å².